The molecule has 76 valence electrons. The van der Waals surface area contributed by atoms with Gasteiger partial charge in [-0.2, -0.15) is 0 Å². The van der Waals surface area contributed by atoms with Gasteiger partial charge in [0, 0.05) is 6.20 Å². The van der Waals surface area contributed by atoms with E-state index in [4.69, 9.17) is 5.11 Å². The van der Waals surface area contributed by atoms with Gasteiger partial charge < -0.3 is 10.1 Å². The quantitative estimate of drug-likeness (QED) is 0.774. The fourth-order valence-electron chi connectivity index (χ4n) is 1.27. The highest BCUT2D eigenvalue weighted by molar-refractivity contribution is 5.87. The van der Waals surface area contributed by atoms with Crippen LogP contribution in [0.15, 0.2) is 24.5 Å². The molecule has 0 spiro atoms. The third-order valence-electron chi connectivity index (χ3n) is 2.03. The first kappa shape index (κ1) is 9.39. The van der Waals surface area contributed by atoms with Crippen LogP contribution in [0, 0.1) is 6.92 Å². The summed E-state index contributed by atoms with van der Waals surface area (Å²) in [5.41, 5.74) is 1.69. The fourth-order valence-corrected chi connectivity index (χ4v) is 1.27. The Morgan fingerprint density at radius 1 is 1.53 bits per heavy atom. The molecule has 2 heterocycles. The van der Waals surface area contributed by atoms with Crippen molar-refractivity contribution in [1.82, 2.24) is 15.0 Å². The molecule has 0 bridgehead atoms. The third-order valence-corrected chi connectivity index (χ3v) is 2.03. The maximum Gasteiger partial charge on any atom is 0.356 e. The van der Waals surface area contributed by atoms with Gasteiger partial charge in [0.25, 0.3) is 0 Å². The summed E-state index contributed by atoms with van der Waals surface area (Å²) in [6.07, 6.45) is 3.30. The molecule has 2 rings (SSSR count). The molecule has 0 unspecified atom stereocenters. The zero-order valence-electron chi connectivity index (χ0n) is 8.06. The van der Waals surface area contributed by atoms with E-state index in [1.165, 1.54) is 0 Å². The largest absolute Gasteiger partial charge is 0.476 e. The lowest BCUT2D eigenvalue weighted by molar-refractivity contribution is 0.0689. The molecule has 2 N–H and O–H groups in total. The first-order valence-corrected chi connectivity index (χ1v) is 4.39. The third kappa shape index (κ3) is 1.71. The van der Waals surface area contributed by atoms with E-state index in [1.54, 1.807) is 19.3 Å². The summed E-state index contributed by atoms with van der Waals surface area (Å²) in [5, 5.41) is 8.87. The monoisotopic (exact) mass is 203 g/mol. The molecule has 5 heteroatoms. The van der Waals surface area contributed by atoms with Gasteiger partial charge >= 0.3 is 5.97 Å². The number of aromatic carboxylic acids is 1. The van der Waals surface area contributed by atoms with Crippen LogP contribution in [0.25, 0.3) is 11.4 Å². The van der Waals surface area contributed by atoms with Crippen LogP contribution in [0.5, 0.6) is 0 Å². The van der Waals surface area contributed by atoms with Crippen molar-refractivity contribution >= 4 is 5.97 Å². The Hall–Kier alpha value is -2.17. The molecule has 0 saturated heterocycles. The number of nitrogens with one attached hydrogen (secondary N) is 1. The minimum atomic E-state index is -1.06. The van der Waals surface area contributed by atoms with E-state index >= 15 is 0 Å². The topological polar surface area (TPSA) is 78.9 Å². The molecule has 0 atom stereocenters. The zero-order chi connectivity index (χ0) is 10.8. The van der Waals surface area contributed by atoms with E-state index in [0.717, 1.165) is 5.69 Å². The van der Waals surface area contributed by atoms with E-state index < -0.39 is 5.97 Å². The summed E-state index contributed by atoms with van der Waals surface area (Å²) in [5.74, 6) is -1.06. The van der Waals surface area contributed by atoms with Crippen LogP contribution in [0.4, 0.5) is 0 Å². The van der Waals surface area contributed by atoms with Gasteiger partial charge in [-0.05, 0) is 19.1 Å². The maximum atomic E-state index is 10.8. The van der Waals surface area contributed by atoms with Crippen LogP contribution in [0.1, 0.15) is 16.2 Å². The minimum Gasteiger partial charge on any atom is -0.476 e. The van der Waals surface area contributed by atoms with Gasteiger partial charge in [-0.25, -0.2) is 9.78 Å². The van der Waals surface area contributed by atoms with Crippen LogP contribution in [0.3, 0.4) is 0 Å². The second-order valence-electron chi connectivity index (χ2n) is 3.08. The van der Waals surface area contributed by atoms with Crippen molar-refractivity contribution in [2.75, 3.05) is 0 Å². The van der Waals surface area contributed by atoms with Gasteiger partial charge in [-0.1, -0.05) is 0 Å². The van der Waals surface area contributed by atoms with Crippen molar-refractivity contribution in [2.24, 2.45) is 0 Å². The van der Waals surface area contributed by atoms with E-state index in [2.05, 4.69) is 15.0 Å². The lowest BCUT2D eigenvalue weighted by Gasteiger charge is -2.01. The molecule has 0 aliphatic carbocycles. The number of hydrogen-bond acceptors (Lipinski definition) is 3. The molecule has 2 aromatic heterocycles. The normalized spacial score (nSPS) is 10.2. The Morgan fingerprint density at radius 3 is 2.93 bits per heavy atom. The molecule has 0 saturated carbocycles. The number of carboxylic acids is 1. The fraction of sp³-hybridized carbons (Fsp3) is 0.100. The number of carbonyl (C=O) groups is 1. The molecule has 0 fully saturated rings. The molecule has 0 aromatic carbocycles. The molecule has 2 aromatic rings. The van der Waals surface area contributed by atoms with Gasteiger partial charge in [0.15, 0.2) is 5.69 Å². The lowest BCUT2D eigenvalue weighted by Crippen LogP contribution is -2.06. The summed E-state index contributed by atoms with van der Waals surface area (Å²) >= 11 is 0. The SMILES string of the molecule is Cc1ncc(-c2ccc[nH]2)nc1C(=O)O. The Morgan fingerprint density at radius 2 is 2.33 bits per heavy atom. The highest BCUT2D eigenvalue weighted by Gasteiger charge is 2.12. The van der Waals surface area contributed by atoms with E-state index in [9.17, 15) is 4.79 Å². The van der Waals surface area contributed by atoms with Gasteiger partial charge in [0.05, 0.1) is 17.6 Å². The molecule has 0 aliphatic heterocycles. The Balaban J connectivity index is 2.52. The number of aryl methyl sites for hydroxylation is 1. The van der Waals surface area contributed by atoms with Crippen molar-refractivity contribution in [3.63, 3.8) is 0 Å². The number of nitrogens with zero attached hydrogens (tertiary/aromatic N) is 2. The predicted molar refractivity (Wildman–Crippen MR) is 53.5 cm³/mol. The van der Waals surface area contributed by atoms with Crippen molar-refractivity contribution < 1.29 is 9.90 Å². The number of aromatic nitrogens is 3. The van der Waals surface area contributed by atoms with E-state index in [1.807, 2.05) is 12.1 Å². The van der Waals surface area contributed by atoms with Crippen molar-refractivity contribution in [1.29, 1.82) is 0 Å². The summed E-state index contributed by atoms with van der Waals surface area (Å²) in [7, 11) is 0. The average Bonchev–Trinajstić information content (AvgIpc) is 2.71. The summed E-state index contributed by atoms with van der Waals surface area (Å²) in [4.78, 5) is 21.8. The lowest BCUT2D eigenvalue weighted by atomic mass is 10.2. The second kappa shape index (κ2) is 3.53. The van der Waals surface area contributed by atoms with E-state index in [0.29, 0.717) is 11.4 Å². The van der Waals surface area contributed by atoms with Crippen LogP contribution >= 0.6 is 0 Å². The van der Waals surface area contributed by atoms with Crippen LogP contribution < -0.4 is 0 Å². The molecular formula is C10H9N3O2. The number of aromatic amines is 1. The Labute approximate surface area is 85.8 Å². The number of carboxylic acid groups (broad SMARTS) is 1. The summed E-state index contributed by atoms with van der Waals surface area (Å²) in [6, 6.07) is 3.63. The summed E-state index contributed by atoms with van der Waals surface area (Å²) in [6.45, 7) is 1.62. The molecular weight excluding hydrogens is 194 g/mol. The molecule has 5 nitrogen and oxygen atoms in total. The number of rotatable bonds is 2. The molecule has 0 aliphatic rings. The number of H-pyrrole nitrogens is 1. The average molecular weight is 203 g/mol. The first-order chi connectivity index (χ1) is 7.18. The van der Waals surface area contributed by atoms with Crippen molar-refractivity contribution in [2.45, 2.75) is 6.92 Å². The van der Waals surface area contributed by atoms with Gasteiger partial charge in [-0.3, -0.25) is 4.98 Å². The standard InChI is InChI=1S/C10H9N3O2/c1-6-9(10(14)15)13-8(5-12-6)7-3-2-4-11-7/h2-5,11H,1H3,(H,14,15). The molecule has 15 heavy (non-hydrogen) atoms. The smallest absolute Gasteiger partial charge is 0.356 e. The molecule has 0 amide bonds. The van der Waals surface area contributed by atoms with Crippen LogP contribution in [-0.2, 0) is 0 Å². The highest BCUT2D eigenvalue weighted by atomic mass is 16.4. The summed E-state index contributed by atoms with van der Waals surface area (Å²) < 4.78 is 0. The highest BCUT2D eigenvalue weighted by Crippen LogP contribution is 2.14. The predicted octanol–water partition coefficient (Wildman–Crippen LogP) is 1.48. The van der Waals surface area contributed by atoms with Gasteiger partial charge in [0.1, 0.15) is 5.69 Å². The molecule has 0 radical (unpaired) electrons. The van der Waals surface area contributed by atoms with Gasteiger partial charge in [-0.15, -0.1) is 0 Å². The Bertz CT molecular complexity index is 491. The van der Waals surface area contributed by atoms with Crippen LogP contribution in [-0.4, -0.2) is 26.0 Å². The van der Waals surface area contributed by atoms with Crippen molar-refractivity contribution in [3.8, 4) is 11.4 Å². The van der Waals surface area contributed by atoms with E-state index in [-0.39, 0.29) is 5.69 Å². The first-order valence-electron chi connectivity index (χ1n) is 4.39. The minimum absolute atomic E-state index is 0.0119. The van der Waals surface area contributed by atoms with Crippen molar-refractivity contribution in [3.05, 3.63) is 35.9 Å². The number of hydrogen-bond donors (Lipinski definition) is 2. The van der Waals surface area contributed by atoms with Gasteiger partial charge in [0.2, 0.25) is 0 Å². The van der Waals surface area contributed by atoms with Crippen LogP contribution in [0.2, 0.25) is 0 Å². The Kier molecular flexibility index (Phi) is 2.21. The second-order valence-corrected chi connectivity index (χ2v) is 3.08. The zero-order valence-corrected chi connectivity index (χ0v) is 8.06. The maximum absolute atomic E-state index is 10.8.